The molecule has 2 amide bonds. The molecule has 3 aromatic rings. The van der Waals surface area contributed by atoms with Crippen molar-refractivity contribution in [2.24, 2.45) is 0 Å². The number of aromatic nitrogens is 2. The van der Waals surface area contributed by atoms with E-state index in [4.69, 9.17) is 12.2 Å². The van der Waals surface area contributed by atoms with Crippen LogP contribution in [0.25, 0.3) is 17.1 Å². The summed E-state index contributed by atoms with van der Waals surface area (Å²) in [6.07, 6.45) is 5.92. The highest BCUT2D eigenvalue weighted by molar-refractivity contribution is 8.26. The van der Waals surface area contributed by atoms with Crippen molar-refractivity contribution < 1.29 is 9.59 Å². The predicted molar refractivity (Wildman–Crippen MR) is 122 cm³/mol. The number of nitrogens with one attached hydrogen (secondary N) is 1. The summed E-state index contributed by atoms with van der Waals surface area (Å²) in [5, 5.41) is 4.83. The summed E-state index contributed by atoms with van der Waals surface area (Å²) < 4.78 is 0.534. The smallest absolute Gasteiger partial charge is 0.266 e. The number of thiocarbonyl (C=S) groups is 1. The van der Waals surface area contributed by atoms with E-state index in [2.05, 4.69) is 15.3 Å². The molecule has 3 heterocycles. The van der Waals surface area contributed by atoms with Gasteiger partial charge < -0.3 is 5.32 Å². The molecule has 0 unspecified atom stereocenters. The van der Waals surface area contributed by atoms with E-state index < -0.39 is 0 Å². The van der Waals surface area contributed by atoms with Gasteiger partial charge in [-0.05, 0) is 42.1 Å². The Hall–Kier alpha value is -2.62. The summed E-state index contributed by atoms with van der Waals surface area (Å²) in [7, 11) is 0. The molecular formula is C20H16N4O2S3. The molecule has 1 aliphatic rings. The molecule has 0 radical (unpaired) electrons. The number of nitrogens with zero attached hydrogens (tertiary/aromatic N) is 3. The Kier molecular flexibility index (Phi) is 5.98. The Morgan fingerprint density at radius 2 is 2.03 bits per heavy atom. The van der Waals surface area contributed by atoms with Crippen molar-refractivity contribution in [1.29, 1.82) is 0 Å². The maximum Gasteiger partial charge on any atom is 0.266 e. The van der Waals surface area contributed by atoms with E-state index in [1.165, 1.54) is 11.8 Å². The second-order valence-electron chi connectivity index (χ2n) is 6.26. The topological polar surface area (TPSA) is 75.2 Å². The van der Waals surface area contributed by atoms with Gasteiger partial charge in [-0.15, -0.1) is 11.3 Å². The SMILES string of the molecule is O=C(CCCN1C(=O)/C(=C/c2cccs2)SC1=S)Nc1ccc2nccnc2c1. The molecule has 29 heavy (non-hydrogen) atoms. The molecule has 1 fully saturated rings. The molecule has 2 aromatic heterocycles. The Balaban J connectivity index is 1.30. The molecule has 0 bridgehead atoms. The van der Waals surface area contributed by atoms with Crippen LogP contribution in [0.4, 0.5) is 5.69 Å². The molecule has 1 saturated heterocycles. The third-order valence-electron chi connectivity index (χ3n) is 4.23. The molecule has 146 valence electrons. The third-order valence-corrected chi connectivity index (χ3v) is 6.43. The van der Waals surface area contributed by atoms with Crippen molar-refractivity contribution >= 4 is 74.2 Å². The van der Waals surface area contributed by atoms with Gasteiger partial charge in [0.1, 0.15) is 4.32 Å². The lowest BCUT2D eigenvalue weighted by Gasteiger charge is -2.14. The summed E-state index contributed by atoms with van der Waals surface area (Å²) in [5.74, 6) is -0.213. The zero-order valence-corrected chi connectivity index (χ0v) is 17.6. The first kappa shape index (κ1) is 19.7. The Morgan fingerprint density at radius 1 is 1.21 bits per heavy atom. The third kappa shape index (κ3) is 4.69. The molecule has 1 aliphatic heterocycles. The first-order valence-corrected chi connectivity index (χ1v) is 11.0. The van der Waals surface area contributed by atoms with Crippen molar-refractivity contribution in [1.82, 2.24) is 14.9 Å². The summed E-state index contributed by atoms with van der Waals surface area (Å²) in [4.78, 5) is 36.5. The quantitative estimate of drug-likeness (QED) is 0.455. The molecule has 0 aliphatic carbocycles. The van der Waals surface area contributed by atoms with Gasteiger partial charge in [0.15, 0.2) is 0 Å². The zero-order chi connectivity index (χ0) is 20.2. The van der Waals surface area contributed by atoms with Crippen LogP contribution in [0.3, 0.4) is 0 Å². The highest BCUT2D eigenvalue weighted by atomic mass is 32.2. The van der Waals surface area contributed by atoms with Crippen LogP contribution in [0, 0.1) is 0 Å². The van der Waals surface area contributed by atoms with Crippen molar-refractivity contribution in [3.8, 4) is 0 Å². The monoisotopic (exact) mass is 440 g/mol. The van der Waals surface area contributed by atoms with Crippen molar-refractivity contribution in [2.45, 2.75) is 12.8 Å². The van der Waals surface area contributed by atoms with E-state index in [9.17, 15) is 9.59 Å². The molecule has 0 atom stereocenters. The van der Waals surface area contributed by atoms with E-state index in [1.807, 2.05) is 29.7 Å². The summed E-state index contributed by atoms with van der Waals surface area (Å²) in [5.41, 5.74) is 2.17. The van der Waals surface area contributed by atoms with Gasteiger partial charge in [-0.25, -0.2) is 0 Å². The van der Waals surface area contributed by atoms with Gasteiger partial charge in [0, 0.05) is 35.9 Å². The zero-order valence-electron chi connectivity index (χ0n) is 15.2. The van der Waals surface area contributed by atoms with Crippen LogP contribution in [0.2, 0.25) is 0 Å². The van der Waals surface area contributed by atoms with Gasteiger partial charge in [-0.1, -0.05) is 30.0 Å². The number of anilines is 1. The number of hydrogen-bond acceptors (Lipinski definition) is 7. The minimum absolute atomic E-state index is 0.0955. The van der Waals surface area contributed by atoms with Crippen LogP contribution in [-0.4, -0.2) is 37.5 Å². The van der Waals surface area contributed by atoms with Crippen molar-refractivity contribution in [3.05, 3.63) is 57.9 Å². The number of carbonyl (C=O) groups excluding carboxylic acids is 2. The largest absolute Gasteiger partial charge is 0.326 e. The minimum Gasteiger partial charge on any atom is -0.326 e. The Morgan fingerprint density at radius 3 is 2.83 bits per heavy atom. The minimum atomic E-state index is -0.118. The summed E-state index contributed by atoms with van der Waals surface area (Å²) in [6, 6.07) is 9.31. The van der Waals surface area contributed by atoms with Gasteiger partial charge >= 0.3 is 0 Å². The predicted octanol–water partition coefficient (Wildman–Crippen LogP) is 4.31. The highest BCUT2D eigenvalue weighted by Gasteiger charge is 2.31. The second-order valence-corrected chi connectivity index (χ2v) is 8.92. The number of benzene rings is 1. The maximum absolute atomic E-state index is 12.6. The van der Waals surface area contributed by atoms with Crippen LogP contribution in [0.5, 0.6) is 0 Å². The van der Waals surface area contributed by atoms with Gasteiger partial charge in [0.2, 0.25) is 5.91 Å². The number of thiophene rings is 1. The maximum atomic E-state index is 12.6. The van der Waals surface area contributed by atoms with Crippen LogP contribution in [0.1, 0.15) is 17.7 Å². The molecule has 0 spiro atoms. The standard InChI is InChI=1S/C20H16N4O2S3/c25-18(23-13-5-6-15-16(11-13)22-8-7-21-15)4-1-9-24-19(26)17(29-20(24)27)12-14-3-2-10-28-14/h2-3,5-8,10-12H,1,4,9H2,(H,23,25)/b17-12-. The Labute approximate surface area is 181 Å². The molecular weight excluding hydrogens is 424 g/mol. The van der Waals surface area contributed by atoms with E-state index in [0.29, 0.717) is 34.3 Å². The average molecular weight is 441 g/mol. The van der Waals surface area contributed by atoms with Crippen molar-refractivity contribution in [3.63, 3.8) is 0 Å². The first-order chi connectivity index (χ1) is 14.1. The summed E-state index contributed by atoms with van der Waals surface area (Å²) >= 11 is 8.21. The second kappa shape index (κ2) is 8.81. The van der Waals surface area contributed by atoms with Crippen LogP contribution >= 0.6 is 35.3 Å². The lowest BCUT2D eigenvalue weighted by Crippen LogP contribution is -2.29. The average Bonchev–Trinajstić information content (AvgIpc) is 3.31. The highest BCUT2D eigenvalue weighted by Crippen LogP contribution is 2.33. The number of hydrogen-bond donors (Lipinski definition) is 1. The van der Waals surface area contributed by atoms with Gasteiger partial charge in [0.25, 0.3) is 5.91 Å². The normalized spacial score (nSPS) is 15.4. The molecule has 9 heteroatoms. The molecule has 6 nitrogen and oxygen atoms in total. The number of fused-ring (bicyclic) bond motifs is 1. The van der Waals surface area contributed by atoms with Crippen LogP contribution < -0.4 is 5.32 Å². The summed E-state index contributed by atoms with van der Waals surface area (Å²) in [6.45, 7) is 0.420. The van der Waals surface area contributed by atoms with Gasteiger partial charge in [0.05, 0.1) is 15.9 Å². The van der Waals surface area contributed by atoms with E-state index in [-0.39, 0.29) is 11.8 Å². The molecule has 0 saturated carbocycles. The van der Waals surface area contributed by atoms with E-state index >= 15 is 0 Å². The van der Waals surface area contributed by atoms with Crippen molar-refractivity contribution in [2.75, 3.05) is 11.9 Å². The number of rotatable bonds is 6. The van der Waals surface area contributed by atoms with Gasteiger partial charge in [-0.3, -0.25) is 24.5 Å². The van der Waals surface area contributed by atoms with E-state index in [0.717, 1.165) is 15.9 Å². The fraction of sp³-hybridized carbons (Fsp3) is 0.150. The van der Waals surface area contributed by atoms with E-state index in [1.54, 1.807) is 40.8 Å². The van der Waals surface area contributed by atoms with Gasteiger partial charge in [-0.2, -0.15) is 0 Å². The fourth-order valence-corrected chi connectivity index (χ4v) is 4.89. The number of amides is 2. The first-order valence-electron chi connectivity index (χ1n) is 8.90. The number of carbonyl (C=O) groups is 2. The molecule has 1 aromatic carbocycles. The fourth-order valence-electron chi connectivity index (χ4n) is 2.86. The lowest BCUT2D eigenvalue weighted by molar-refractivity contribution is -0.122. The van der Waals surface area contributed by atoms with Crippen LogP contribution in [0.15, 0.2) is 53.0 Å². The lowest BCUT2D eigenvalue weighted by atomic mass is 10.2. The molecule has 1 N–H and O–H groups in total. The van der Waals surface area contributed by atoms with Crippen LogP contribution in [-0.2, 0) is 9.59 Å². The molecule has 4 rings (SSSR count). The number of thioether (sulfide) groups is 1. The Bertz CT molecular complexity index is 1110.